The summed E-state index contributed by atoms with van der Waals surface area (Å²) in [6.07, 6.45) is 2.44. The zero-order valence-corrected chi connectivity index (χ0v) is 12.5. The third-order valence-corrected chi connectivity index (χ3v) is 3.44. The number of halogens is 3. The minimum atomic E-state index is 0.0315. The van der Waals surface area contributed by atoms with Crippen LogP contribution in [0.2, 0.25) is 5.02 Å². The number of anilines is 1. The second kappa shape index (κ2) is 7.30. The Morgan fingerprint density at radius 1 is 1.38 bits per heavy atom. The van der Waals surface area contributed by atoms with E-state index in [1.54, 1.807) is 18.2 Å². The second-order valence-electron chi connectivity index (χ2n) is 3.32. The van der Waals surface area contributed by atoms with Gasteiger partial charge in [0.25, 0.3) is 0 Å². The third-order valence-electron chi connectivity index (χ3n) is 1.99. The lowest BCUT2D eigenvalue weighted by Crippen LogP contribution is -2.11. The summed E-state index contributed by atoms with van der Waals surface area (Å²) >= 11 is 12.5. The Kier molecular flexibility index (Phi) is 6.39. The highest BCUT2D eigenvalue weighted by Crippen LogP contribution is 2.26. The van der Waals surface area contributed by atoms with Crippen LogP contribution >= 0.6 is 43.5 Å². The number of hydrogen-bond donors (Lipinski definition) is 1. The van der Waals surface area contributed by atoms with Crippen molar-refractivity contribution < 1.29 is 4.79 Å². The Hall–Kier alpha value is -0.0600. The first kappa shape index (κ1) is 14.0. The lowest BCUT2D eigenvalue weighted by molar-refractivity contribution is -0.116. The topological polar surface area (TPSA) is 29.1 Å². The zero-order chi connectivity index (χ0) is 12.0. The highest BCUT2D eigenvalue weighted by Gasteiger charge is 2.05. The van der Waals surface area contributed by atoms with E-state index < -0.39 is 0 Å². The fourth-order valence-electron chi connectivity index (χ4n) is 1.18. The number of nitrogens with one attached hydrogen (secondary N) is 1. The molecule has 0 aliphatic rings. The van der Waals surface area contributed by atoms with Crippen LogP contribution in [0.3, 0.4) is 0 Å². The van der Waals surface area contributed by atoms with Gasteiger partial charge in [-0.1, -0.05) is 27.5 Å². The largest absolute Gasteiger partial charge is 0.325 e. The quantitative estimate of drug-likeness (QED) is 0.596. The Bertz CT molecular complexity index is 371. The van der Waals surface area contributed by atoms with Crippen molar-refractivity contribution in [2.75, 3.05) is 10.6 Å². The number of carbonyl (C=O) groups excluding carboxylic acids is 1. The summed E-state index contributed by atoms with van der Waals surface area (Å²) in [5, 5.41) is 4.41. The molecule has 0 saturated carbocycles. The molecule has 5 heteroatoms. The maximum atomic E-state index is 11.5. The van der Waals surface area contributed by atoms with Crippen LogP contribution < -0.4 is 5.32 Å². The minimum Gasteiger partial charge on any atom is -0.325 e. The van der Waals surface area contributed by atoms with E-state index in [1.165, 1.54) is 0 Å². The fourth-order valence-corrected chi connectivity index (χ4v) is 2.36. The molecule has 0 aliphatic carbocycles. The molecule has 0 saturated heterocycles. The Labute approximate surface area is 117 Å². The standard InChI is InChI=1S/C11H12Br2ClNO/c12-6-2-1-3-11(16)15-10-5-4-8(14)7-9(10)13/h4-5,7H,1-3,6H2,(H,15,16). The molecule has 0 aliphatic heterocycles. The predicted octanol–water partition coefficient (Wildman–Crippen LogP) is 4.61. The highest BCUT2D eigenvalue weighted by molar-refractivity contribution is 9.10. The average Bonchev–Trinajstić information content (AvgIpc) is 2.23. The molecule has 0 fully saturated rings. The van der Waals surface area contributed by atoms with E-state index in [1.807, 2.05) is 0 Å². The van der Waals surface area contributed by atoms with Crippen molar-refractivity contribution in [1.82, 2.24) is 0 Å². The number of hydrogen-bond acceptors (Lipinski definition) is 1. The second-order valence-corrected chi connectivity index (χ2v) is 5.40. The van der Waals surface area contributed by atoms with Crippen molar-refractivity contribution in [3.8, 4) is 0 Å². The van der Waals surface area contributed by atoms with E-state index in [0.29, 0.717) is 11.4 Å². The SMILES string of the molecule is O=C(CCCCBr)Nc1ccc(Cl)cc1Br. The number of alkyl halides is 1. The first-order valence-electron chi connectivity index (χ1n) is 4.94. The van der Waals surface area contributed by atoms with Gasteiger partial charge in [0.15, 0.2) is 0 Å². The molecule has 1 aromatic carbocycles. The molecule has 1 N–H and O–H groups in total. The van der Waals surface area contributed by atoms with Gasteiger partial charge in [-0.3, -0.25) is 4.79 Å². The molecular formula is C11H12Br2ClNO. The van der Waals surface area contributed by atoms with Crippen LogP contribution in [0.15, 0.2) is 22.7 Å². The molecule has 0 unspecified atom stereocenters. The number of benzene rings is 1. The van der Waals surface area contributed by atoms with Crippen molar-refractivity contribution in [1.29, 1.82) is 0 Å². The Morgan fingerprint density at radius 3 is 2.75 bits per heavy atom. The summed E-state index contributed by atoms with van der Waals surface area (Å²) in [6.45, 7) is 0. The first-order chi connectivity index (χ1) is 7.63. The minimum absolute atomic E-state index is 0.0315. The molecule has 0 radical (unpaired) electrons. The van der Waals surface area contributed by atoms with Crippen LogP contribution in [0.5, 0.6) is 0 Å². The maximum Gasteiger partial charge on any atom is 0.224 e. The van der Waals surface area contributed by atoms with Crippen molar-refractivity contribution in [2.45, 2.75) is 19.3 Å². The van der Waals surface area contributed by atoms with Gasteiger partial charge in [-0.25, -0.2) is 0 Å². The number of unbranched alkanes of at least 4 members (excludes halogenated alkanes) is 1. The van der Waals surface area contributed by atoms with Crippen LogP contribution in [-0.2, 0) is 4.79 Å². The Balaban J connectivity index is 2.49. The molecule has 88 valence electrons. The third kappa shape index (κ3) is 4.85. The summed E-state index contributed by atoms with van der Waals surface area (Å²) < 4.78 is 0.800. The summed E-state index contributed by atoms with van der Waals surface area (Å²) in [6, 6.07) is 5.30. The van der Waals surface area contributed by atoms with Gasteiger partial charge in [-0.2, -0.15) is 0 Å². The van der Waals surface area contributed by atoms with Crippen LogP contribution in [0.4, 0.5) is 5.69 Å². The van der Waals surface area contributed by atoms with Crippen molar-refractivity contribution >= 4 is 55.1 Å². The average molecular weight is 369 g/mol. The summed E-state index contributed by atoms with van der Waals surface area (Å²) in [4.78, 5) is 11.5. The van der Waals surface area contributed by atoms with Gasteiger partial charge in [0.2, 0.25) is 5.91 Å². The van der Waals surface area contributed by atoms with Crippen molar-refractivity contribution in [2.24, 2.45) is 0 Å². The molecule has 16 heavy (non-hydrogen) atoms. The molecule has 0 spiro atoms. The number of carbonyl (C=O) groups is 1. The number of amides is 1. The summed E-state index contributed by atoms with van der Waals surface area (Å²) in [5.74, 6) is 0.0315. The van der Waals surface area contributed by atoms with Crippen molar-refractivity contribution in [3.63, 3.8) is 0 Å². The first-order valence-corrected chi connectivity index (χ1v) is 7.23. The molecule has 0 bridgehead atoms. The maximum absolute atomic E-state index is 11.5. The van der Waals surface area contributed by atoms with E-state index in [9.17, 15) is 4.79 Å². The van der Waals surface area contributed by atoms with E-state index in [4.69, 9.17) is 11.6 Å². The van der Waals surface area contributed by atoms with Gasteiger partial charge >= 0.3 is 0 Å². The van der Waals surface area contributed by atoms with Crippen LogP contribution in [0.25, 0.3) is 0 Å². The fraction of sp³-hybridized carbons (Fsp3) is 0.364. The molecule has 0 aromatic heterocycles. The summed E-state index contributed by atoms with van der Waals surface area (Å²) in [7, 11) is 0. The van der Waals surface area contributed by atoms with Gasteiger partial charge < -0.3 is 5.32 Å². The lowest BCUT2D eigenvalue weighted by Gasteiger charge is -2.07. The monoisotopic (exact) mass is 367 g/mol. The molecule has 1 aromatic rings. The van der Waals surface area contributed by atoms with E-state index in [2.05, 4.69) is 37.2 Å². The van der Waals surface area contributed by atoms with Gasteiger partial charge in [-0.05, 0) is 47.0 Å². The molecule has 2 nitrogen and oxygen atoms in total. The van der Waals surface area contributed by atoms with Gasteiger partial charge in [0.1, 0.15) is 0 Å². The summed E-state index contributed by atoms with van der Waals surface area (Å²) in [5.41, 5.74) is 0.758. The molecule has 0 atom stereocenters. The van der Waals surface area contributed by atoms with Gasteiger partial charge in [-0.15, -0.1) is 0 Å². The van der Waals surface area contributed by atoms with Crippen LogP contribution in [-0.4, -0.2) is 11.2 Å². The predicted molar refractivity (Wildman–Crippen MR) is 75.4 cm³/mol. The zero-order valence-electron chi connectivity index (χ0n) is 8.60. The van der Waals surface area contributed by atoms with Crippen LogP contribution in [0.1, 0.15) is 19.3 Å². The molecule has 1 rings (SSSR count). The van der Waals surface area contributed by atoms with Gasteiger partial charge in [0, 0.05) is 21.2 Å². The molecular weight excluding hydrogens is 357 g/mol. The van der Waals surface area contributed by atoms with E-state index >= 15 is 0 Å². The normalized spacial score (nSPS) is 10.2. The van der Waals surface area contributed by atoms with Gasteiger partial charge in [0.05, 0.1) is 5.69 Å². The molecule has 1 amide bonds. The number of rotatable bonds is 5. The van der Waals surface area contributed by atoms with Crippen molar-refractivity contribution in [3.05, 3.63) is 27.7 Å². The van der Waals surface area contributed by atoms with E-state index in [0.717, 1.165) is 28.3 Å². The van der Waals surface area contributed by atoms with Crippen LogP contribution in [0, 0.1) is 0 Å². The highest BCUT2D eigenvalue weighted by atomic mass is 79.9. The molecule has 0 heterocycles. The smallest absolute Gasteiger partial charge is 0.224 e. The van der Waals surface area contributed by atoms with E-state index in [-0.39, 0.29) is 5.91 Å². The Morgan fingerprint density at radius 2 is 2.12 bits per heavy atom. The lowest BCUT2D eigenvalue weighted by atomic mass is 10.2.